The van der Waals surface area contributed by atoms with Gasteiger partial charge in [-0.3, -0.25) is 10.1 Å². The summed E-state index contributed by atoms with van der Waals surface area (Å²) in [7, 11) is 0. The van der Waals surface area contributed by atoms with Gasteiger partial charge in [-0.15, -0.1) is 11.3 Å². The first-order valence-electron chi connectivity index (χ1n) is 9.07. The molecule has 7 nitrogen and oxygen atoms in total. The topological polar surface area (TPSA) is 99.5 Å². The van der Waals surface area contributed by atoms with Gasteiger partial charge in [0.25, 0.3) is 5.91 Å². The number of urea groups is 1. The molecule has 5 N–H and O–H groups in total. The summed E-state index contributed by atoms with van der Waals surface area (Å²) in [6.45, 7) is 5.72. The van der Waals surface area contributed by atoms with E-state index >= 15 is 0 Å². The van der Waals surface area contributed by atoms with Gasteiger partial charge in [-0.1, -0.05) is 0 Å². The average Bonchev–Trinajstić information content (AvgIpc) is 3.21. The lowest BCUT2D eigenvalue weighted by Crippen LogP contribution is -2.31. The Hall–Kier alpha value is -1.64. The zero-order chi connectivity index (χ0) is 17.6. The smallest absolute Gasteiger partial charge is 0.319 e. The molecule has 3 heterocycles. The van der Waals surface area contributed by atoms with Crippen LogP contribution in [0.15, 0.2) is 0 Å². The Bertz CT molecular complexity index is 625. The Labute approximate surface area is 152 Å². The molecule has 0 spiro atoms. The second kappa shape index (κ2) is 8.64. The molecule has 0 aliphatic carbocycles. The molecule has 1 aromatic rings. The summed E-state index contributed by atoms with van der Waals surface area (Å²) in [6.07, 6.45) is 5.43. The van der Waals surface area contributed by atoms with E-state index in [0.717, 1.165) is 49.3 Å². The fourth-order valence-corrected chi connectivity index (χ4v) is 4.72. The molecular formula is C17H27N5O2S. The molecule has 0 bridgehead atoms. The van der Waals surface area contributed by atoms with E-state index < -0.39 is 5.91 Å². The van der Waals surface area contributed by atoms with Crippen LogP contribution < -0.4 is 21.7 Å². The molecule has 25 heavy (non-hydrogen) atoms. The quantitative estimate of drug-likeness (QED) is 0.550. The highest BCUT2D eigenvalue weighted by Gasteiger charge is 2.24. The first-order valence-corrected chi connectivity index (χ1v) is 9.89. The molecule has 0 aromatic carbocycles. The fourth-order valence-electron chi connectivity index (χ4n) is 3.50. The highest BCUT2D eigenvalue weighted by Crippen LogP contribution is 2.35. The number of unbranched alkanes of at least 4 members (excludes halogenated alkanes) is 1. The van der Waals surface area contributed by atoms with Crippen LogP contribution in [0.25, 0.3) is 0 Å². The summed E-state index contributed by atoms with van der Waals surface area (Å²) >= 11 is 1.44. The van der Waals surface area contributed by atoms with Gasteiger partial charge in [0.2, 0.25) is 0 Å². The lowest BCUT2D eigenvalue weighted by atomic mass is 10.0. The maximum atomic E-state index is 12.1. The fraction of sp³-hybridized carbons (Fsp3) is 0.647. The predicted molar refractivity (Wildman–Crippen MR) is 100 cm³/mol. The van der Waals surface area contributed by atoms with Gasteiger partial charge < -0.3 is 21.3 Å². The number of nitrogens with two attached hydrogens (primary N) is 1. The van der Waals surface area contributed by atoms with Crippen LogP contribution in [0, 0.1) is 0 Å². The Morgan fingerprint density at radius 1 is 1.24 bits per heavy atom. The third-order valence-corrected chi connectivity index (χ3v) is 5.93. The van der Waals surface area contributed by atoms with Crippen LogP contribution in [-0.4, -0.2) is 49.6 Å². The lowest BCUT2D eigenvalue weighted by Gasteiger charge is -2.14. The van der Waals surface area contributed by atoms with Crippen molar-refractivity contribution in [3.63, 3.8) is 0 Å². The Kier molecular flexibility index (Phi) is 6.28. The number of primary amides is 1. The van der Waals surface area contributed by atoms with Crippen molar-refractivity contribution in [3.8, 4) is 0 Å². The number of hydrogen-bond donors (Lipinski definition) is 4. The number of amides is 3. The van der Waals surface area contributed by atoms with Crippen LogP contribution in [0.1, 0.15) is 46.5 Å². The van der Waals surface area contributed by atoms with Crippen LogP contribution in [0.5, 0.6) is 0 Å². The van der Waals surface area contributed by atoms with E-state index in [0.29, 0.717) is 17.1 Å². The maximum absolute atomic E-state index is 12.1. The van der Waals surface area contributed by atoms with Crippen molar-refractivity contribution in [1.29, 1.82) is 0 Å². The van der Waals surface area contributed by atoms with Gasteiger partial charge in [0.1, 0.15) is 5.00 Å². The normalized spacial score (nSPS) is 17.3. The minimum atomic E-state index is -0.472. The van der Waals surface area contributed by atoms with Crippen molar-refractivity contribution in [2.45, 2.75) is 38.6 Å². The number of thiophene rings is 1. The van der Waals surface area contributed by atoms with Gasteiger partial charge in [-0.2, -0.15) is 0 Å². The van der Waals surface area contributed by atoms with Crippen molar-refractivity contribution < 1.29 is 9.59 Å². The Morgan fingerprint density at radius 2 is 2.04 bits per heavy atom. The van der Waals surface area contributed by atoms with Gasteiger partial charge in [0.15, 0.2) is 0 Å². The molecule has 1 fully saturated rings. The summed E-state index contributed by atoms with van der Waals surface area (Å²) < 4.78 is 0. The summed E-state index contributed by atoms with van der Waals surface area (Å²) in [4.78, 5) is 27.5. The summed E-state index contributed by atoms with van der Waals surface area (Å²) in [5.41, 5.74) is 6.99. The molecule has 2 aliphatic rings. The first kappa shape index (κ1) is 18.2. The molecule has 0 saturated carbocycles. The molecule has 0 unspecified atom stereocenters. The molecule has 2 aliphatic heterocycles. The van der Waals surface area contributed by atoms with Gasteiger partial charge in [-0.25, -0.2) is 4.79 Å². The molecular weight excluding hydrogens is 338 g/mol. The van der Waals surface area contributed by atoms with E-state index in [2.05, 4.69) is 20.9 Å². The van der Waals surface area contributed by atoms with E-state index in [4.69, 9.17) is 5.73 Å². The Morgan fingerprint density at radius 3 is 2.80 bits per heavy atom. The van der Waals surface area contributed by atoms with Crippen molar-refractivity contribution in [2.24, 2.45) is 5.73 Å². The van der Waals surface area contributed by atoms with E-state index in [1.807, 2.05) is 0 Å². The molecule has 8 heteroatoms. The maximum Gasteiger partial charge on any atom is 0.319 e. The van der Waals surface area contributed by atoms with E-state index in [1.165, 1.54) is 37.3 Å². The second-order valence-corrected chi connectivity index (χ2v) is 7.74. The monoisotopic (exact) mass is 365 g/mol. The predicted octanol–water partition coefficient (Wildman–Crippen LogP) is 1.49. The molecule has 0 radical (unpaired) electrons. The molecule has 138 valence electrons. The highest BCUT2D eigenvalue weighted by atomic mass is 32.1. The van der Waals surface area contributed by atoms with Crippen molar-refractivity contribution in [1.82, 2.24) is 15.5 Å². The summed E-state index contributed by atoms with van der Waals surface area (Å²) in [6, 6.07) is -0.268. The van der Waals surface area contributed by atoms with Crippen molar-refractivity contribution in [2.75, 3.05) is 38.0 Å². The highest BCUT2D eigenvalue weighted by molar-refractivity contribution is 7.17. The molecule has 0 atom stereocenters. The van der Waals surface area contributed by atoms with Crippen LogP contribution in [0.3, 0.4) is 0 Å². The molecule has 1 saturated heterocycles. The Balaban J connectivity index is 1.46. The molecule has 1 aromatic heterocycles. The zero-order valence-corrected chi connectivity index (χ0v) is 15.3. The van der Waals surface area contributed by atoms with Crippen molar-refractivity contribution in [3.05, 3.63) is 16.0 Å². The van der Waals surface area contributed by atoms with Crippen LogP contribution >= 0.6 is 11.3 Å². The number of anilines is 1. The van der Waals surface area contributed by atoms with E-state index in [1.54, 1.807) is 0 Å². The number of rotatable bonds is 7. The van der Waals surface area contributed by atoms with E-state index in [9.17, 15) is 9.59 Å². The number of carbonyl (C=O) groups excluding carboxylic acids is 2. The van der Waals surface area contributed by atoms with Crippen molar-refractivity contribution >= 4 is 28.3 Å². The number of carbonyl (C=O) groups is 2. The SMILES string of the molecule is NC(=O)c1c(NC(=O)NCCCCN2CCCC2)sc2c1CCNC2. The molecule has 3 rings (SSSR count). The largest absolute Gasteiger partial charge is 0.365 e. The number of hydrogen-bond acceptors (Lipinski definition) is 5. The van der Waals surface area contributed by atoms with Gasteiger partial charge in [-0.05, 0) is 63.8 Å². The number of fused-ring (bicyclic) bond motifs is 1. The minimum Gasteiger partial charge on any atom is -0.365 e. The lowest BCUT2D eigenvalue weighted by molar-refractivity contribution is 0.100. The van der Waals surface area contributed by atoms with Crippen LogP contribution in [0.4, 0.5) is 9.80 Å². The number of likely N-dealkylation sites (tertiary alicyclic amines) is 1. The second-order valence-electron chi connectivity index (χ2n) is 6.64. The van der Waals surface area contributed by atoms with Gasteiger partial charge in [0, 0.05) is 18.0 Å². The van der Waals surface area contributed by atoms with Crippen LogP contribution in [0.2, 0.25) is 0 Å². The third kappa shape index (κ3) is 4.71. The summed E-state index contributed by atoms with van der Waals surface area (Å²) in [5, 5.41) is 9.52. The van der Waals surface area contributed by atoms with E-state index in [-0.39, 0.29) is 6.03 Å². The van der Waals surface area contributed by atoms with Gasteiger partial charge in [0.05, 0.1) is 5.56 Å². The third-order valence-electron chi connectivity index (χ3n) is 4.79. The first-order chi connectivity index (χ1) is 12.1. The molecule has 3 amide bonds. The van der Waals surface area contributed by atoms with Crippen LogP contribution in [-0.2, 0) is 13.0 Å². The number of nitrogens with zero attached hydrogens (tertiary/aromatic N) is 1. The summed E-state index contributed by atoms with van der Waals surface area (Å²) in [5.74, 6) is -0.472. The standard InChI is InChI=1S/C17H27N5O2S/c18-15(23)14-12-5-7-19-11-13(12)25-16(14)21-17(24)20-6-1-2-8-22-9-3-4-10-22/h19H,1-11H2,(H2,18,23)(H2,20,21,24). The average molecular weight is 366 g/mol. The number of nitrogens with one attached hydrogen (secondary N) is 3. The van der Waals surface area contributed by atoms with Gasteiger partial charge >= 0.3 is 6.03 Å². The zero-order valence-electron chi connectivity index (χ0n) is 14.5. The minimum absolute atomic E-state index is 0.268.